The summed E-state index contributed by atoms with van der Waals surface area (Å²) in [6.07, 6.45) is 17.4. The fourth-order valence-corrected chi connectivity index (χ4v) is 11.9. The normalized spacial score (nSPS) is 17.1. The molecule has 9 rings (SSSR count). The number of ether oxygens (including phenoxy) is 4. The Bertz CT molecular complexity index is 2640. The van der Waals surface area contributed by atoms with Gasteiger partial charge in [0.2, 0.25) is 0 Å². The molecule has 1 fully saturated rings. The largest absolute Gasteiger partial charge is 0.497 e. The Morgan fingerprint density at radius 1 is 0.662 bits per heavy atom. The minimum atomic E-state index is -0.909. The van der Waals surface area contributed by atoms with E-state index in [4.69, 9.17) is 18.9 Å². The van der Waals surface area contributed by atoms with Crippen LogP contribution in [0, 0.1) is 6.92 Å². The summed E-state index contributed by atoms with van der Waals surface area (Å²) in [5, 5.41) is 2.31. The molecule has 1 atom stereocenters. The van der Waals surface area contributed by atoms with Gasteiger partial charge in [0.05, 0.1) is 25.2 Å². The molecule has 3 aliphatic rings. The van der Waals surface area contributed by atoms with Crippen LogP contribution in [0.1, 0.15) is 132 Å². The summed E-state index contributed by atoms with van der Waals surface area (Å²) in [5.74, 6) is 3.55. The molecule has 0 saturated heterocycles. The lowest BCUT2D eigenvalue weighted by Crippen LogP contribution is -2.35. The smallest absolute Gasteiger partial charge is 0.178 e. The Kier molecular flexibility index (Phi) is 13.6. The van der Waals surface area contributed by atoms with Crippen molar-refractivity contribution in [2.24, 2.45) is 0 Å². The van der Waals surface area contributed by atoms with Gasteiger partial charge in [0.15, 0.2) is 5.60 Å². The van der Waals surface area contributed by atoms with Crippen molar-refractivity contribution in [3.8, 4) is 34.1 Å². The third-order valence-corrected chi connectivity index (χ3v) is 15.2. The van der Waals surface area contributed by atoms with Crippen LogP contribution in [-0.2, 0) is 11.0 Å². The highest BCUT2D eigenvalue weighted by Crippen LogP contribution is 2.62. The Labute approximate surface area is 392 Å². The van der Waals surface area contributed by atoms with Gasteiger partial charge in [0, 0.05) is 51.2 Å². The molecule has 65 heavy (non-hydrogen) atoms. The standard InChI is InChI=1S/C59H67NO4S/c1-7-34-60(35-8-2)44-24-20-42(21-25-44)59(43-22-26-45(27-23-43)62-36-9-3)33-30-48-56-55(47-18-14-15-19-51(47)58(56)31-16-12-11-13-17-32-58)49-40-54(65-53-29-28-46(61-6)38-41(53)5)52(63-37-10-4)39-50(49)57(48)64-59/h14-15,18-30,33,38-40H,7-13,16-17,31-32,34-37H2,1-6H3. The van der Waals surface area contributed by atoms with Crippen LogP contribution in [-0.4, -0.2) is 33.4 Å². The molecule has 5 nitrogen and oxygen atoms in total. The van der Waals surface area contributed by atoms with E-state index in [9.17, 15) is 0 Å². The molecule has 1 heterocycles. The number of fused-ring (bicyclic) bond motifs is 10. The molecule has 6 aromatic carbocycles. The molecule has 1 unspecified atom stereocenters. The maximum absolute atomic E-state index is 7.98. The zero-order valence-electron chi connectivity index (χ0n) is 39.6. The lowest BCUT2D eigenvalue weighted by atomic mass is 9.67. The van der Waals surface area contributed by atoms with E-state index in [0.717, 1.165) is 96.0 Å². The molecule has 1 aliphatic heterocycles. The van der Waals surface area contributed by atoms with Gasteiger partial charge in [-0.25, -0.2) is 0 Å². The molecule has 0 amide bonds. The second-order valence-electron chi connectivity index (χ2n) is 18.4. The molecule has 6 aromatic rings. The first kappa shape index (κ1) is 44.9. The predicted octanol–water partition coefficient (Wildman–Crippen LogP) is 15.9. The zero-order valence-corrected chi connectivity index (χ0v) is 40.4. The van der Waals surface area contributed by atoms with Crippen LogP contribution in [0.4, 0.5) is 5.69 Å². The number of hydrogen-bond donors (Lipinski definition) is 0. The topological polar surface area (TPSA) is 40.2 Å². The van der Waals surface area contributed by atoms with E-state index >= 15 is 0 Å². The van der Waals surface area contributed by atoms with Gasteiger partial charge < -0.3 is 23.8 Å². The van der Waals surface area contributed by atoms with Crippen LogP contribution in [0.2, 0.25) is 0 Å². The Hall–Kier alpha value is -5.33. The van der Waals surface area contributed by atoms with Gasteiger partial charge >= 0.3 is 0 Å². The second-order valence-corrected chi connectivity index (χ2v) is 19.5. The number of methoxy groups -OCH3 is 1. The fourth-order valence-electron chi connectivity index (χ4n) is 10.9. The molecule has 6 heteroatoms. The summed E-state index contributed by atoms with van der Waals surface area (Å²) in [6.45, 7) is 14.4. The Balaban J connectivity index is 1.31. The zero-order chi connectivity index (χ0) is 45.0. The van der Waals surface area contributed by atoms with Gasteiger partial charge in [-0.05, 0) is 139 Å². The van der Waals surface area contributed by atoms with Crippen LogP contribution < -0.4 is 23.8 Å². The first-order valence-electron chi connectivity index (χ1n) is 24.6. The van der Waals surface area contributed by atoms with Gasteiger partial charge in [-0.1, -0.05) is 126 Å². The van der Waals surface area contributed by atoms with Gasteiger partial charge in [-0.2, -0.15) is 0 Å². The van der Waals surface area contributed by atoms with Gasteiger partial charge in [0.1, 0.15) is 23.0 Å². The summed E-state index contributed by atoms with van der Waals surface area (Å²) in [4.78, 5) is 4.80. The molecular weight excluding hydrogens is 819 g/mol. The first-order chi connectivity index (χ1) is 31.9. The number of nitrogens with zero attached hydrogens (tertiary/aromatic N) is 1. The minimum absolute atomic E-state index is 0.114. The Morgan fingerprint density at radius 2 is 1.32 bits per heavy atom. The van der Waals surface area contributed by atoms with Crippen molar-refractivity contribution in [2.75, 3.05) is 38.3 Å². The molecule has 2 aliphatic carbocycles. The van der Waals surface area contributed by atoms with Crippen molar-refractivity contribution in [1.82, 2.24) is 0 Å². The summed E-state index contributed by atoms with van der Waals surface area (Å²) in [5.41, 5.74) is 10.4. The lowest BCUT2D eigenvalue weighted by Gasteiger charge is -2.40. The molecule has 338 valence electrons. The molecule has 0 aromatic heterocycles. The second kappa shape index (κ2) is 19.6. The van der Waals surface area contributed by atoms with E-state index in [1.165, 1.54) is 81.5 Å². The van der Waals surface area contributed by atoms with E-state index in [1.54, 1.807) is 18.9 Å². The van der Waals surface area contributed by atoms with E-state index in [2.05, 4.69) is 155 Å². The third kappa shape index (κ3) is 8.41. The highest BCUT2D eigenvalue weighted by molar-refractivity contribution is 7.99. The van der Waals surface area contributed by atoms with Crippen molar-refractivity contribution in [1.29, 1.82) is 0 Å². The van der Waals surface area contributed by atoms with Gasteiger partial charge in [-0.15, -0.1) is 0 Å². The number of hydrogen-bond acceptors (Lipinski definition) is 6. The van der Waals surface area contributed by atoms with Crippen molar-refractivity contribution >= 4 is 34.3 Å². The van der Waals surface area contributed by atoms with Gasteiger partial charge in [-0.3, -0.25) is 0 Å². The maximum atomic E-state index is 7.98. The molecule has 1 spiro atoms. The summed E-state index contributed by atoms with van der Waals surface area (Å²) in [6, 6.07) is 38.3. The van der Waals surface area contributed by atoms with Crippen LogP contribution >= 0.6 is 11.8 Å². The fraction of sp³-hybridized carbons (Fsp3) is 0.390. The molecule has 0 radical (unpaired) electrons. The van der Waals surface area contributed by atoms with Crippen molar-refractivity contribution in [2.45, 2.75) is 126 Å². The number of rotatable bonds is 16. The van der Waals surface area contributed by atoms with Crippen LogP contribution in [0.5, 0.6) is 23.0 Å². The maximum Gasteiger partial charge on any atom is 0.178 e. The van der Waals surface area contributed by atoms with Crippen LogP contribution in [0.15, 0.2) is 119 Å². The van der Waals surface area contributed by atoms with E-state index < -0.39 is 5.60 Å². The van der Waals surface area contributed by atoms with Crippen LogP contribution in [0.3, 0.4) is 0 Å². The highest BCUT2D eigenvalue weighted by Gasteiger charge is 2.48. The lowest BCUT2D eigenvalue weighted by molar-refractivity contribution is 0.163. The summed E-state index contributed by atoms with van der Waals surface area (Å²) >= 11 is 1.78. The molecule has 0 N–H and O–H groups in total. The first-order valence-corrected chi connectivity index (χ1v) is 25.4. The monoisotopic (exact) mass is 885 g/mol. The third-order valence-electron chi connectivity index (χ3n) is 14.0. The van der Waals surface area contributed by atoms with Crippen LogP contribution in [0.25, 0.3) is 28.0 Å². The van der Waals surface area contributed by atoms with E-state index in [-0.39, 0.29) is 5.41 Å². The number of aryl methyl sites for hydroxylation is 1. The quantitative estimate of drug-likeness (QED) is 0.0964. The molecule has 1 saturated carbocycles. The summed E-state index contributed by atoms with van der Waals surface area (Å²) < 4.78 is 26.5. The Morgan fingerprint density at radius 3 is 2.00 bits per heavy atom. The number of anilines is 1. The molecular formula is C59H67NO4S. The van der Waals surface area contributed by atoms with Crippen molar-refractivity contribution in [3.05, 3.63) is 143 Å². The summed E-state index contributed by atoms with van der Waals surface area (Å²) in [7, 11) is 1.73. The predicted molar refractivity (Wildman–Crippen MR) is 272 cm³/mol. The SMILES string of the molecule is CCCOc1ccc(C2(c3ccc(N(CCC)CCC)cc3)C=Cc3c4c(c5cc(Sc6ccc(OC)cc6C)c(OCCC)cc5c3O2)-c2ccccc2C42CCCCCCC2)cc1. The van der Waals surface area contributed by atoms with Crippen molar-refractivity contribution in [3.63, 3.8) is 0 Å². The highest BCUT2D eigenvalue weighted by atomic mass is 32.2. The molecule has 0 bridgehead atoms. The van der Waals surface area contributed by atoms with E-state index in [0.29, 0.717) is 13.2 Å². The van der Waals surface area contributed by atoms with E-state index in [1.807, 2.05) is 0 Å². The average molecular weight is 886 g/mol. The number of benzene rings is 6. The van der Waals surface area contributed by atoms with Gasteiger partial charge in [0.25, 0.3) is 0 Å². The van der Waals surface area contributed by atoms with Crippen molar-refractivity contribution < 1.29 is 18.9 Å². The average Bonchev–Trinajstić information content (AvgIpc) is 3.62. The minimum Gasteiger partial charge on any atom is -0.497 e.